The van der Waals surface area contributed by atoms with E-state index in [9.17, 15) is 14.4 Å². The fourth-order valence-electron chi connectivity index (χ4n) is 4.25. The van der Waals surface area contributed by atoms with E-state index in [4.69, 9.17) is 22.8 Å². The van der Waals surface area contributed by atoms with Gasteiger partial charge in [0.1, 0.15) is 17.7 Å². The molecule has 2 aromatic rings. The van der Waals surface area contributed by atoms with Crippen molar-refractivity contribution in [3.8, 4) is 12.3 Å². The molecule has 4 unspecified atom stereocenters. The largest absolute Gasteiger partial charge is 0.444 e. The van der Waals surface area contributed by atoms with E-state index in [-0.39, 0.29) is 17.7 Å². The quantitative estimate of drug-likeness (QED) is 0.302. The summed E-state index contributed by atoms with van der Waals surface area (Å²) in [5.74, 6) is 1.87. The normalized spacial score (nSPS) is 17.9. The molecule has 2 aromatic carbocycles. The maximum absolute atomic E-state index is 14.1. The summed E-state index contributed by atoms with van der Waals surface area (Å²) in [6, 6.07) is 9.97. The van der Waals surface area contributed by atoms with Crippen LogP contribution < -0.4 is 10.6 Å². The van der Waals surface area contributed by atoms with Gasteiger partial charge in [-0.1, -0.05) is 54.8 Å². The van der Waals surface area contributed by atoms with Gasteiger partial charge in [-0.05, 0) is 63.3 Å². The molecule has 2 N–H and O–H groups in total. The van der Waals surface area contributed by atoms with Crippen LogP contribution in [-0.4, -0.2) is 46.2 Å². The van der Waals surface area contributed by atoms with Gasteiger partial charge in [0.15, 0.2) is 0 Å². The van der Waals surface area contributed by atoms with E-state index in [0.29, 0.717) is 28.3 Å². The summed E-state index contributed by atoms with van der Waals surface area (Å²) in [4.78, 5) is 42.1. The summed E-state index contributed by atoms with van der Waals surface area (Å²) >= 11 is 10.7. The van der Waals surface area contributed by atoms with Crippen LogP contribution in [0.25, 0.3) is 0 Å². The first-order chi connectivity index (χ1) is 17.9. The third-order valence-corrected chi connectivity index (χ3v) is 6.94. The lowest BCUT2D eigenvalue weighted by atomic mass is 9.97. The van der Waals surface area contributed by atoms with E-state index in [1.165, 1.54) is 4.90 Å². The van der Waals surface area contributed by atoms with Gasteiger partial charge in [-0.3, -0.25) is 9.59 Å². The van der Waals surface area contributed by atoms with Gasteiger partial charge < -0.3 is 20.3 Å². The van der Waals surface area contributed by atoms with Crippen molar-refractivity contribution < 1.29 is 19.1 Å². The van der Waals surface area contributed by atoms with Crippen molar-refractivity contribution in [3.05, 3.63) is 64.2 Å². The number of hydrogen-bond acceptors (Lipinski definition) is 5. The second-order valence-electron chi connectivity index (χ2n) is 10.5. The van der Waals surface area contributed by atoms with E-state index in [1.807, 2.05) is 19.9 Å². The highest BCUT2D eigenvalue weighted by Crippen LogP contribution is 2.42. The Morgan fingerprint density at radius 1 is 1.21 bits per heavy atom. The van der Waals surface area contributed by atoms with E-state index >= 15 is 0 Å². The van der Waals surface area contributed by atoms with E-state index in [0.717, 1.165) is 5.56 Å². The van der Waals surface area contributed by atoms with Crippen molar-refractivity contribution in [2.75, 3.05) is 11.1 Å². The maximum Gasteiger partial charge on any atom is 0.408 e. The molecule has 0 bridgehead atoms. The number of thiol groups is 1. The van der Waals surface area contributed by atoms with Gasteiger partial charge >= 0.3 is 6.09 Å². The number of halogens is 1. The Hall–Kier alpha value is -3.15. The van der Waals surface area contributed by atoms with Gasteiger partial charge in [-0.15, -0.1) is 6.42 Å². The van der Waals surface area contributed by atoms with Gasteiger partial charge in [0.05, 0.1) is 10.7 Å². The molecule has 0 aromatic heterocycles. The maximum atomic E-state index is 14.1. The molecule has 0 aliphatic heterocycles. The van der Waals surface area contributed by atoms with Crippen LogP contribution in [0.5, 0.6) is 0 Å². The third-order valence-electron chi connectivity index (χ3n) is 6.26. The van der Waals surface area contributed by atoms with Crippen LogP contribution in [0.3, 0.4) is 0 Å². The number of amides is 3. The molecule has 38 heavy (non-hydrogen) atoms. The van der Waals surface area contributed by atoms with Crippen molar-refractivity contribution >= 4 is 47.8 Å². The predicted octanol–water partition coefficient (Wildman–Crippen LogP) is 5.37. The number of para-hydroxylation sites is 1. The van der Waals surface area contributed by atoms with Crippen molar-refractivity contribution in [1.29, 1.82) is 0 Å². The molecule has 4 atom stereocenters. The highest BCUT2D eigenvalue weighted by Gasteiger charge is 2.48. The van der Waals surface area contributed by atoms with Crippen LogP contribution >= 0.6 is 24.2 Å². The Balaban J connectivity index is 2.07. The standard InChI is InChI=1S/C29H34ClN3O4S/c1-7-19-12-8-9-13-20(19)25(26(34)32-24-17(2)11-10-14-21(24)30)33(23-15-18(23)3)27(35)22(16-38)31-28(36)37-29(4,5)6/h1,8-14,18,22-23,25,38H,15-16H2,2-6H3,(H,31,36)(H,32,34). The summed E-state index contributed by atoms with van der Waals surface area (Å²) in [7, 11) is 0. The zero-order valence-electron chi connectivity index (χ0n) is 22.2. The van der Waals surface area contributed by atoms with Crippen molar-refractivity contribution in [2.45, 2.75) is 64.8 Å². The predicted molar refractivity (Wildman–Crippen MR) is 153 cm³/mol. The topological polar surface area (TPSA) is 87.7 Å². The molecule has 3 amide bonds. The fourth-order valence-corrected chi connectivity index (χ4v) is 4.77. The number of nitrogens with one attached hydrogen (secondary N) is 2. The molecule has 0 radical (unpaired) electrons. The molecule has 1 aliphatic carbocycles. The molecule has 7 nitrogen and oxygen atoms in total. The molecule has 1 fully saturated rings. The molecule has 0 heterocycles. The molecule has 9 heteroatoms. The molecule has 0 saturated heterocycles. The van der Waals surface area contributed by atoms with Crippen LogP contribution in [0.4, 0.5) is 10.5 Å². The Bertz CT molecular complexity index is 1230. The second kappa shape index (κ2) is 12.1. The lowest BCUT2D eigenvalue weighted by Crippen LogP contribution is -2.54. The Morgan fingerprint density at radius 3 is 2.42 bits per heavy atom. The third kappa shape index (κ3) is 7.03. The number of ether oxygens (including phenoxy) is 1. The number of aryl methyl sites for hydroxylation is 1. The lowest BCUT2D eigenvalue weighted by molar-refractivity contribution is -0.141. The number of rotatable bonds is 8. The van der Waals surface area contributed by atoms with Crippen molar-refractivity contribution in [3.63, 3.8) is 0 Å². The highest BCUT2D eigenvalue weighted by atomic mass is 35.5. The van der Waals surface area contributed by atoms with E-state index in [1.54, 1.807) is 57.2 Å². The van der Waals surface area contributed by atoms with Crippen LogP contribution in [0, 0.1) is 25.2 Å². The molecule has 3 rings (SSSR count). The van der Waals surface area contributed by atoms with Gasteiger partial charge in [0.25, 0.3) is 5.91 Å². The monoisotopic (exact) mass is 555 g/mol. The van der Waals surface area contributed by atoms with Gasteiger partial charge in [0, 0.05) is 17.4 Å². The van der Waals surface area contributed by atoms with Crippen molar-refractivity contribution in [1.82, 2.24) is 10.2 Å². The smallest absolute Gasteiger partial charge is 0.408 e. The number of terminal acetylenes is 1. The second-order valence-corrected chi connectivity index (χ2v) is 11.2. The number of benzene rings is 2. The minimum Gasteiger partial charge on any atom is -0.444 e. The van der Waals surface area contributed by atoms with Gasteiger partial charge in [-0.2, -0.15) is 12.6 Å². The first-order valence-corrected chi connectivity index (χ1v) is 13.4. The van der Waals surface area contributed by atoms with Gasteiger partial charge in [-0.25, -0.2) is 4.79 Å². The number of alkyl carbamates (subject to hydrolysis) is 1. The van der Waals surface area contributed by atoms with E-state index in [2.05, 4.69) is 29.2 Å². The molecule has 1 saturated carbocycles. The molecular formula is C29H34ClN3O4S. The summed E-state index contributed by atoms with van der Waals surface area (Å²) in [5, 5.41) is 5.92. The number of anilines is 1. The van der Waals surface area contributed by atoms with Crippen LogP contribution in [0.2, 0.25) is 5.02 Å². The minimum atomic E-state index is -1.08. The number of nitrogens with zero attached hydrogens (tertiary/aromatic N) is 1. The van der Waals surface area contributed by atoms with Crippen LogP contribution in [0.1, 0.15) is 56.8 Å². The summed E-state index contributed by atoms with van der Waals surface area (Å²) in [6.45, 7) is 9.03. The molecule has 0 spiro atoms. The summed E-state index contributed by atoms with van der Waals surface area (Å²) in [6.07, 6.45) is 5.76. The Morgan fingerprint density at radius 2 is 1.87 bits per heavy atom. The zero-order chi connectivity index (χ0) is 28.2. The first-order valence-electron chi connectivity index (χ1n) is 12.4. The van der Waals surface area contributed by atoms with Crippen molar-refractivity contribution in [2.24, 2.45) is 5.92 Å². The molecule has 1 aliphatic rings. The van der Waals surface area contributed by atoms with Crippen LogP contribution in [0.15, 0.2) is 42.5 Å². The number of carbonyl (C=O) groups is 3. The lowest BCUT2D eigenvalue weighted by Gasteiger charge is -2.35. The number of hydrogen-bond donors (Lipinski definition) is 3. The average Bonchev–Trinajstić information content (AvgIpc) is 3.57. The van der Waals surface area contributed by atoms with Crippen LogP contribution in [-0.2, 0) is 14.3 Å². The Labute approximate surface area is 235 Å². The zero-order valence-corrected chi connectivity index (χ0v) is 23.9. The van der Waals surface area contributed by atoms with Gasteiger partial charge in [0.2, 0.25) is 5.91 Å². The Kier molecular flexibility index (Phi) is 9.40. The SMILES string of the molecule is C#Cc1ccccc1C(C(=O)Nc1c(C)cccc1Cl)N(C(=O)C(CS)NC(=O)OC(C)(C)C)C1CC1C. The van der Waals surface area contributed by atoms with E-state index < -0.39 is 35.6 Å². The number of carbonyl (C=O) groups excluding carboxylic acids is 3. The first kappa shape index (κ1) is 29.4. The average molecular weight is 556 g/mol. The molecular weight excluding hydrogens is 522 g/mol. The minimum absolute atomic E-state index is 0.00439. The highest BCUT2D eigenvalue weighted by molar-refractivity contribution is 7.80. The fraction of sp³-hybridized carbons (Fsp3) is 0.414. The summed E-state index contributed by atoms with van der Waals surface area (Å²) in [5.41, 5.74) is 1.46. The molecule has 202 valence electrons. The summed E-state index contributed by atoms with van der Waals surface area (Å²) < 4.78 is 5.36.